The molecule has 3 rings (SSSR count). The number of carbonyl (C=O) groups is 1. The molecule has 0 aliphatic heterocycles. The van der Waals surface area contributed by atoms with Gasteiger partial charge in [0.05, 0.1) is 0 Å². The highest BCUT2D eigenvalue weighted by molar-refractivity contribution is 8.01. The number of nitrogens with zero attached hydrogens (tertiary/aromatic N) is 3. The molecule has 2 aromatic carbocycles. The molecule has 0 bridgehead atoms. The lowest BCUT2D eigenvalue weighted by molar-refractivity contribution is -0.128. The number of aryl methyl sites for hydroxylation is 1. The molecule has 0 aliphatic carbocycles. The lowest BCUT2D eigenvalue weighted by atomic mass is 10.1. The van der Waals surface area contributed by atoms with Crippen LogP contribution in [0.1, 0.15) is 16.4 Å². The highest BCUT2D eigenvalue weighted by Crippen LogP contribution is 2.39. The Labute approximate surface area is 171 Å². The van der Waals surface area contributed by atoms with Crippen LogP contribution in [0.5, 0.6) is 0 Å². The second-order valence-corrected chi connectivity index (χ2v) is 8.84. The molecule has 1 unspecified atom stereocenters. The van der Waals surface area contributed by atoms with Gasteiger partial charge < -0.3 is 10.2 Å². The van der Waals surface area contributed by atoms with Crippen molar-refractivity contribution in [2.24, 2.45) is 0 Å². The van der Waals surface area contributed by atoms with E-state index in [2.05, 4.69) is 15.5 Å². The van der Waals surface area contributed by atoms with Gasteiger partial charge in [-0.15, -0.1) is 10.2 Å². The maximum atomic E-state index is 12.6. The lowest BCUT2D eigenvalue weighted by Gasteiger charge is -2.19. The SMILES string of the molecule is Cc1ccc(Nc2nnc(SC(C(=O)N(C)C)c3ccccc3)s2)cc1Cl. The summed E-state index contributed by atoms with van der Waals surface area (Å²) in [5.41, 5.74) is 2.81. The Hall–Kier alpha value is -2.09. The molecule has 1 atom stereocenters. The Morgan fingerprint density at radius 2 is 1.93 bits per heavy atom. The van der Waals surface area contributed by atoms with Gasteiger partial charge in [0, 0.05) is 24.8 Å². The number of carbonyl (C=O) groups excluding carboxylic acids is 1. The number of thioether (sulfide) groups is 1. The van der Waals surface area contributed by atoms with Gasteiger partial charge in [0.2, 0.25) is 11.0 Å². The summed E-state index contributed by atoms with van der Waals surface area (Å²) in [5, 5.41) is 12.6. The first-order valence-corrected chi connectivity index (χ1v) is 10.3. The Morgan fingerprint density at radius 1 is 1.19 bits per heavy atom. The number of hydrogen-bond acceptors (Lipinski definition) is 6. The Kier molecular flexibility index (Phi) is 6.36. The van der Waals surface area contributed by atoms with Crippen molar-refractivity contribution in [1.82, 2.24) is 15.1 Å². The zero-order chi connectivity index (χ0) is 19.4. The van der Waals surface area contributed by atoms with Gasteiger partial charge in [-0.2, -0.15) is 0 Å². The summed E-state index contributed by atoms with van der Waals surface area (Å²) < 4.78 is 0.722. The van der Waals surface area contributed by atoms with Crippen molar-refractivity contribution >= 4 is 51.4 Å². The first kappa shape index (κ1) is 19.7. The molecular formula is C19H19ClN4OS2. The summed E-state index contributed by atoms with van der Waals surface area (Å²) in [6, 6.07) is 15.4. The minimum atomic E-state index is -0.365. The number of halogens is 1. The van der Waals surface area contributed by atoms with Crippen LogP contribution in [0.4, 0.5) is 10.8 Å². The molecule has 140 valence electrons. The minimum Gasteiger partial charge on any atom is -0.348 e. The van der Waals surface area contributed by atoms with Gasteiger partial charge in [-0.05, 0) is 30.2 Å². The van der Waals surface area contributed by atoms with Crippen LogP contribution in [0.15, 0.2) is 52.9 Å². The van der Waals surface area contributed by atoms with Gasteiger partial charge in [0.15, 0.2) is 4.34 Å². The number of rotatable bonds is 6. The molecule has 3 aromatic rings. The lowest BCUT2D eigenvalue weighted by Crippen LogP contribution is -2.26. The zero-order valence-corrected chi connectivity index (χ0v) is 17.5. The summed E-state index contributed by atoms with van der Waals surface area (Å²) in [5.74, 6) is 0.0150. The van der Waals surface area contributed by atoms with Crippen LogP contribution >= 0.6 is 34.7 Å². The third-order valence-electron chi connectivity index (χ3n) is 3.82. The summed E-state index contributed by atoms with van der Waals surface area (Å²) in [6.45, 7) is 1.96. The number of amides is 1. The second-order valence-electron chi connectivity index (χ2n) is 6.10. The first-order chi connectivity index (χ1) is 12.9. The summed E-state index contributed by atoms with van der Waals surface area (Å²) in [6.07, 6.45) is 0. The van der Waals surface area contributed by atoms with Crippen molar-refractivity contribution in [3.05, 3.63) is 64.7 Å². The third kappa shape index (κ3) is 5.00. The fourth-order valence-electron chi connectivity index (χ4n) is 2.33. The highest BCUT2D eigenvalue weighted by Gasteiger charge is 2.25. The van der Waals surface area contributed by atoms with Crippen LogP contribution in [0.2, 0.25) is 5.02 Å². The van der Waals surface area contributed by atoms with Gasteiger partial charge in [-0.1, -0.05) is 71.1 Å². The van der Waals surface area contributed by atoms with E-state index >= 15 is 0 Å². The third-order valence-corrected chi connectivity index (χ3v) is 6.39. The van der Waals surface area contributed by atoms with E-state index < -0.39 is 0 Å². The van der Waals surface area contributed by atoms with Crippen LogP contribution in [-0.2, 0) is 4.79 Å². The van der Waals surface area contributed by atoms with Gasteiger partial charge in [-0.3, -0.25) is 4.79 Å². The Morgan fingerprint density at radius 3 is 2.59 bits per heavy atom. The molecule has 0 saturated heterocycles. The van der Waals surface area contributed by atoms with Crippen molar-refractivity contribution in [2.75, 3.05) is 19.4 Å². The summed E-state index contributed by atoms with van der Waals surface area (Å²) in [7, 11) is 3.51. The van der Waals surface area contributed by atoms with Gasteiger partial charge in [0.25, 0.3) is 0 Å². The molecule has 1 amide bonds. The average Bonchev–Trinajstić information content (AvgIpc) is 3.10. The van der Waals surface area contributed by atoms with Crippen molar-refractivity contribution in [2.45, 2.75) is 16.5 Å². The average molecular weight is 419 g/mol. The highest BCUT2D eigenvalue weighted by atomic mass is 35.5. The molecule has 27 heavy (non-hydrogen) atoms. The molecule has 0 spiro atoms. The van der Waals surface area contributed by atoms with E-state index in [1.54, 1.807) is 19.0 Å². The zero-order valence-electron chi connectivity index (χ0n) is 15.1. The second kappa shape index (κ2) is 8.73. The van der Waals surface area contributed by atoms with E-state index in [1.807, 2.05) is 55.5 Å². The first-order valence-electron chi connectivity index (χ1n) is 8.23. The predicted molar refractivity (Wildman–Crippen MR) is 113 cm³/mol. The van der Waals surface area contributed by atoms with E-state index in [0.29, 0.717) is 10.2 Å². The maximum Gasteiger partial charge on any atom is 0.240 e. The van der Waals surface area contributed by atoms with Crippen LogP contribution in [-0.4, -0.2) is 35.1 Å². The molecule has 0 saturated carbocycles. The number of aromatic nitrogens is 2. The van der Waals surface area contributed by atoms with E-state index in [-0.39, 0.29) is 11.2 Å². The van der Waals surface area contributed by atoms with Gasteiger partial charge in [-0.25, -0.2) is 0 Å². The number of nitrogens with one attached hydrogen (secondary N) is 1. The molecule has 1 heterocycles. The fourth-order valence-corrected chi connectivity index (χ4v) is 4.62. The van der Waals surface area contributed by atoms with Crippen LogP contribution in [0, 0.1) is 6.92 Å². The van der Waals surface area contributed by atoms with Crippen molar-refractivity contribution in [1.29, 1.82) is 0 Å². The normalized spacial score (nSPS) is 11.9. The number of anilines is 2. The molecule has 1 N–H and O–H groups in total. The number of likely N-dealkylation sites (N-methyl/N-ethyl adjacent to an activating group) is 1. The largest absolute Gasteiger partial charge is 0.348 e. The molecule has 0 fully saturated rings. The van der Waals surface area contributed by atoms with Crippen LogP contribution in [0.3, 0.4) is 0 Å². The van der Waals surface area contributed by atoms with Crippen LogP contribution < -0.4 is 5.32 Å². The van der Waals surface area contributed by atoms with E-state index in [0.717, 1.165) is 21.2 Å². The molecule has 0 radical (unpaired) electrons. The smallest absolute Gasteiger partial charge is 0.240 e. The summed E-state index contributed by atoms with van der Waals surface area (Å²) in [4.78, 5) is 14.2. The van der Waals surface area contributed by atoms with Crippen molar-refractivity contribution in [3.8, 4) is 0 Å². The topological polar surface area (TPSA) is 58.1 Å². The fraction of sp³-hybridized carbons (Fsp3) is 0.211. The minimum absolute atomic E-state index is 0.0150. The molecule has 0 aliphatic rings. The summed E-state index contributed by atoms with van der Waals surface area (Å²) >= 11 is 8.98. The Bertz CT molecular complexity index is 930. The Balaban J connectivity index is 1.77. The monoisotopic (exact) mass is 418 g/mol. The van der Waals surface area contributed by atoms with E-state index in [1.165, 1.54) is 23.1 Å². The number of benzene rings is 2. The standard InChI is InChI=1S/C19H19ClN4OS2/c1-12-9-10-14(11-15(12)20)21-18-22-23-19(27-18)26-16(17(25)24(2)3)13-7-5-4-6-8-13/h4-11,16H,1-3H3,(H,21,22). The van der Waals surface area contributed by atoms with Crippen LogP contribution in [0.25, 0.3) is 0 Å². The molecular weight excluding hydrogens is 400 g/mol. The van der Waals surface area contributed by atoms with E-state index in [4.69, 9.17) is 11.6 Å². The molecule has 8 heteroatoms. The van der Waals surface area contributed by atoms with Crippen molar-refractivity contribution < 1.29 is 4.79 Å². The quantitative estimate of drug-likeness (QED) is 0.560. The van der Waals surface area contributed by atoms with Gasteiger partial charge in [0.1, 0.15) is 5.25 Å². The maximum absolute atomic E-state index is 12.6. The predicted octanol–water partition coefficient (Wildman–Crippen LogP) is 5.17. The molecule has 1 aromatic heterocycles. The number of hydrogen-bond donors (Lipinski definition) is 1. The van der Waals surface area contributed by atoms with Crippen molar-refractivity contribution in [3.63, 3.8) is 0 Å². The van der Waals surface area contributed by atoms with Gasteiger partial charge >= 0.3 is 0 Å². The van der Waals surface area contributed by atoms with E-state index in [9.17, 15) is 4.79 Å². The molecule has 5 nitrogen and oxygen atoms in total.